The van der Waals surface area contributed by atoms with Crippen molar-refractivity contribution in [2.75, 3.05) is 20.6 Å². The molecule has 3 rings (SSSR count). The predicted octanol–water partition coefficient (Wildman–Crippen LogP) is 2.54. The van der Waals surface area contributed by atoms with Crippen molar-refractivity contribution in [1.29, 1.82) is 0 Å². The van der Waals surface area contributed by atoms with Gasteiger partial charge in [0.1, 0.15) is 0 Å². The number of benzene rings is 1. The fraction of sp³-hybridized carbons (Fsp3) is 0.625. The zero-order valence-corrected chi connectivity index (χ0v) is 12.1. The summed E-state index contributed by atoms with van der Waals surface area (Å²) in [5.74, 6) is 0. The predicted molar refractivity (Wildman–Crippen MR) is 75.0 cm³/mol. The minimum Gasteiger partial charge on any atom is -0.349 e. The second-order valence-corrected chi connectivity index (χ2v) is 6.19. The van der Waals surface area contributed by atoms with Crippen LogP contribution >= 0.6 is 0 Å². The van der Waals surface area contributed by atoms with E-state index in [1.807, 2.05) is 0 Å². The topological polar surface area (TPSA) is 21.7 Å². The fourth-order valence-corrected chi connectivity index (χ4v) is 3.29. The van der Waals surface area contributed by atoms with E-state index >= 15 is 0 Å². The van der Waals surface area contributed by atoms with Crippen LogP contribution in [-0.2, 0) is 21.5 Å². The van der Waals surface area contributed by atoms with Crippen LogP contribution in [0.1, 0.15) is 30.9 Å². The molecule has 19 heavy (non-hydrogen) atoms. The lowest BCUT2D eigenvalue weighted by Crippen LogP contribution is -2.49. The minimum absolute atomic E-state index is 0.0687. The van der Waals surface area contributed by atoms with E-state index in [0.29, 0.717) is 6.10 Å². The molecule has 104 valence electrons. The van der Waals surface area contributed by atoms with Gasteiger partial charge in [0.2, 0.25) is 0 Å². The van der Waals surface area contributed by atoms with Crippen LogP contribution in [0, 0.1) is 0 Å². The zero-order chi connectivity index (χ0) is 13.5. The molecule has 3 heteroatoms. The van der Waals surface area contributed by atoms with E-state index in [1.54, 1.807) is 0 Å². The molecule has 1 saturated heterocycles. The Morgan fingerprint density at radius 1 is 1.32 bits per heavy atom. The van der Waals surface area contributed by atoms with E-state index in [9.17, 15) is 0 Å². The summed E-state index contributed by atoms with van der Waals surface area (Å²) in [5.41, 5.74) is 2.56. The SMILES string of the molecule is CN(C)CCC1C[C@]2(C)O[C@@H](Cc3ccccc32)O1. The summed E-state index contributed by atoms with van der Waals surface area (Å²) in [5, 5.41) is 0. The number of hydrogen-bond acceptors (Lipinski definition) is 3. The highest BCUT2D eigenvalue weighted by Crippen LogP contribution is 2.43. The van der Waals surface area contributed by atoms with Crippen LogP contribution in [0.15, 0.2) is 24.3 Å². The summed E-state index contributed by atoms with van der Waals surface area (Å²) >= 11 is 0. The molecule has 2 heterocycles. The molecule has 0 amide bonds. The molecule has 3 atom stereocenters. The first-order valence-corrected chi connectivity index (χ1v) is 7.13. The monoisotopic (exact) mass is 261 g/mol. The average Bonchev–Trinajstić information content (AvgIpc) is 2.35. The lowest BCUT2D eigenvalue weighted by molar-refractivity contribution is -0.290. The van der Waals surface area contributed by atoms with Crippen molar-refractivity contribution in [2.24, 2.45) is 0 Å². The molecule has 2 aliphatic rings. The lowest BCUT2D eigenvalue weighted by atomic mass is 9.81. The van der Waals surface area contributed by atoms with Crippen LogP contribution in [0.4, 0.5) is 0 Å². The van der Waals surface area contributed by atoms with Crippen molar-refractivity contribution in [2.45, 2.75) is 44.2 Å². The van der Waals surface area contributed by atoms with E-state index in [2.05, 4.69) is 50.2 Å². The van der Waals surface area contributed by atoms with Gasteiger partial charge in [0.15, 0.2) is 6.29 Å². The van der Waals surface area contributed by atoms with Gasteiger partial charge < -0.3 is 14.4 Å². The Balaban J connectivity index is 1.81. The third-order valence-electron chi connectivity index (χ3n) is 4.22. The van der Waals surface area contributed by atoms with Gasteiger partial charge in [-0.3, -0.25) is 0 Å². The molecule has 1 aromatic rings. The van der Waals surface area contributed by atoms with Crippen LogP contribution < -0.4 is 0 Å². The van der Waals surface area contributed by atoms with Crippen LogP contribution in [0.3, 0.4) is 0 Å². The van der Waals surface area contributed by atoms with Crippen molar-refractivity contribution in [1.82, 2.24) is 4.90 Å². The van der Waals surface area contributed by atoms with Crippen molar-refractivity contribution >= 4 is 0 Å². The molecule has 0 spiro atoms. The summed E-state index contributed by atoms with van der Waals surface area (Å²) < 4.78 is 12.2. The van der Waals surface area contributed by atoms with Crippen LogP contribution in [-0.4, -0.2) is 37.9 Å². The summed E-state index contributed by atoms with van der Waals surface area (Å²) in [6, 6.07) is 8.62. The highest BCUT2D eigenvalue weighted by atomic mass is 16.7. The van der Waals surface area contributed by atoms with E-state index in [0.717, 1.165) is 25.8 Å². The quantitative estimate of drug-likeness (QED) is 0.834. The first kappa shape index (κ1) is 13.1. The van der Waals surface area contributed by atoms with Crippen molar-refractivity contribution in [3.8, 4) is 0 Å². The van der Waals surface area contributed by atoms with E-state index in [4.69, 9.17) is 9.47 Å². The maximum atomic E-state index is 6.14. The van der Waals surface area contributed by atoms with Gasteiger partial charge in [-0.15, -0.1) is 0 Å². The minimum atomic E-state index is -0.172. The number of ether oxygens (including phenoxy) is 2. The smallest absolute Gasteiger partial charge is 0.163 e. The number of hydrogen-bond donors (Lipinski definition) is 0. The average molecular weight is 261 g/mol. The second kappa shape index (κ2) is 4.89. The van der Waals surface area contributed by atoms with Gasteiger partial charge in [0, 0.05) is 12.8 Å². The summed E-state index contributed by atoms with van der Waals surface area (Å²) in [6.07, 6.45) is 3.14. The van der Waals surface area contributed by atoms with Crippen LogP contribution in [0.25, 0.3) is 0 Å². The lowest BCUT2D eigenvalue weighted by Gasteiger charge is -2.47. The molecule has 2 bridgehead atoms. The normalized spacial score (nSPS) is 33.3. The van der Waals surface area contributed by atoms with E-state index in [-0.39, 0.29) is 11.9 Å². The van der Waals surface area contributed by atoms with Crippen molar-refractivity contribution in [3.05, 3.63) is 35.4 Å². The summed E-state index contributed by atoms with van der Waals surface area (Å²) in [7, 11) is 4.22. The molecule has 0 aromatic heterocycles. The van der Waals surface area contributed by atoms with Crippen molar-refractivity contribution < 1.29 is 9.47 Å². The third-order valence-corrected chi connectivity index (χ3v) is 4.22. The van der Waals surface area contributed by atoms with Gasteiger partial charge in [0.05, 0.1) is 11.7 Å². The largest absolute Gasteiger partial charge is 0.349 e. The molecular formula is C16H23NO2. The Kier molecular flexibility index (Phi) is 3.37. The molecule has 1 unspecified atom stereocenters. The van der Waals surface area contributed by atoms with Gasteiger partial charge in [0.25, 0.3) is 0 Å². The van der Waals surface area contributed by atoms with Crippen LogP contribution in [0.5, 0.6) is 0 Å². The molecule has 0 radical (unpaired) electrons. The highest BCUT2D eigenvalue weighted by Gasteiger charge is 2.44. The first-order chi connectivity index (χ1) is 9.07. The molecular weight excluding hydrogens is 238 g/mol. The summed E-state index contributed by atoms with van der Waals surface area (Å²) in [6.45, 7) is 3.28. The molecule has 1 fully saturated rings. The Labute approximate surface area is 115 Å². The Morgan fingerprint density at radius 2 is 2.11 bits per heavy atom. The maximum Gasteiger partial charge on any atom is 0.163 e. The fourth-order valence-electron chi connectivity index (χ4n) is 3.29. The number of rotatable bonds is 3. The van der Waals surface area contributed by atoms with Gasteiger partial charge in [-0.1, -0.05) is 24.3 Å². The third kappa shape index (κ3) is 2.55. The molecule has 3 nitrogen and oxygen atoms in total. The van der Waals surface area contributed by atoms with Crippen molar-refractivity contribution in [3.63, 3.8) is 0 Å². The first-order valence-electron chi connectivity index (χ1n) is 7.13. The Morgan fingerprint density at radius 3 is 2.89 bits per heavy atom. The second-order valence-electron chi connectivity index (χ2n) is 6.19. The van der Waals surface area contributed by atoms with E-state index in [1.165, 1.54) is 11.1 Å². The summed E-state index contributed by atoms with van der Waals surface area (Å²) in [4.78, 5) is 2.21. The zero-order valence-electron chi connectivity index (χ0n) is 12.1. The van der Waals surface area contributed by atoms with Gasteiger partial charge in [-0.2, -0.15) is 0 Å². The Bertz CT molecular complexity index is 460. The van der Waals surface area contributed by atoms with Gasteiger partial charge >= 0.3 is 0 Å². The van der Waals surface area contributed by atoms with Gasteiger partial charge in [-0.05, 0) is 45.1 Å². The number of fused-ring (bicyclic) bond motifs is 4. The Hall–Kier alpha value is -0.900. The highest BCUT2D eigenvalue weighted by molar-refractivity contribution is 5.35. The molecule has 0 N–H and O–H groups in total. The molecule has 0 aliphatic carbocycles. The standard InChI is InChI=1S/C16H23NO2/c1-16-11-13(8-9-17(2)3)18-15(19-16)10-12-6-4-5-7-14(12)16/h4-7,13,15H,8-11H2,1-3H3/t13?,15-,16-/m0/s1. The van der Waals surface area contributed by atoms with Crippen LogP contribution in [0.2, 0.25) is 0 Å². The van der Waals surface area contributed by atoms with Gasteiger partial charge in [-0.25, -0.2) is 0 Å². The number of nitrogens with zero attached hydrogens (tertiary/aromatic N) is 1. The molecule has 0 saturated carbocycles. The maximum absolute atomic E-state index is 6.14. The molecule has 2 aliphatic heterocycles. The van der Waals surface area contributed by atoms with E-state index < -0.39 is 0 Å². The molecule has 1 aromatic carbocycles.